The Balaban J connectivity index is 1.70. The molecule has 4 atom stereocenters. The Morgan fingerprint density at radius 3 is 2.24 bits per heavy atom. The maximum absolute atomic E-state index is 13.2. The predicted octanol–water partition coefficient (Wildman–Crippen LogP) is -2.08. The van der Waals surface area contributed by atoms with Gasteiger partial charge in [-0.1, -0.05) is 6.58 Å². The number of carbonyl (C=O) groups is 4. The molecule has 3 rings (SSSR count). The molecule has 42 heavy (non-hydrogen) atoms. The number of nitrogens with two attached hydrogens (primary N) is 1. The van der Waals surface area contributed by atoms with Gasteiger partial charge in [0.15, 0.2) is 35.7 Å². The molecule has 5 N–H and O–H groups in total. The first-order valence-electron chi connectivity index (χ1n) is 12.7. The van der Waals surface area contributed by atoms with Gasteiger partial charge in [0.05, 0.1) is 33.5 Å². The van der Waals surface area contributed by atoms with Crippen LogP contribution in [0.2, 0.25) is 0 Å². The van der Waals surface area contributed by atoms with Crippen LogP contribution in [0.4, 0.5) is 5.95 Å². The second-order valence-corrected chi connectivity index (χ2v) is 8.70. The molecule has 0 spiro atoms. The lowest BCUT2D eigenvalue weighted by Crippen LogP contribution is -2.46. The van der Waals surface area contributed by atoms with E-state index in [4.69, 9.17) is 34.2 Å². The minimum atomic E-state index is -1.46. The Kier molecular flexibility index (Phi) is 11.3. The number of aromatic nitrogens is 4. The normalized spacial score (nSPS) is 19.7. The van der Waals surface area contributed by atoms with E-state index >= 15 is 0 Å². The molecule has 2 aromatic rings. The van der Waals surface area contributed by atoms with Gasteiger partial charge in [0.1, 0.15) is 0 Å². The SMILES string of the molecule is C=CC(=O)NCCOCCOCCNC(=O)[C@H]1O[C@@H](n2c(OC)nc3c(=O)[nH]c(N)nc32)[C@H](OC(C)=O)[C@@H]1OC(C)=O. The molecule has 18 heteroatoms. The van der Waals surface area contributed by atoms with Crippen molar-refractivity contribution in [2.75, 3.05) is 52.4 Å². The van der Waals surface area contributed by atoms with Gasteiger partial charge in [-0.3, -0.25) is 29.0 Å². The third-order valence-corrected chi connectivity index (χ3v) is 5.67. The standard InChI is InChI=1S/C24H33N7O11/c1-5-14(34)26-6-8-38-10-11-39-9-7-27-21(36)17-16(40-12(2)32)18(41-13(3)33)22(42-17)31-19-15(28-24(31)37-4)20(35)30-23(25)29-19/h5,16-18,22H,1,6-11H2,2-4H3,(H,26,34)(H,27,36)(H3,25,29,30,35)/t16-,17+,18-,22-/m1/s1. The van der Waals surface area contributed by atoms with E-state index in [9.17, 15) is 24.0 Å². The van der Waals surface area contributed by atoms with Crippen LogP contribution in [0, 0.1) is 0 Å². The Bertz CT molecular complexity index is 1360. The van der Waals surface area contributed by atoms with Crippen LogP contribution in [-0.2, 0) is 42.9 Å². The van der Waals surface area contributed by atoms with Gasteiger partial charge in [-0.15, -0.1) is 0 Å². The minimum absolute atomic E-state index is 0.0502. The van der Waals surface area contributed by atoms with Gasteiger partial charge in [-0.2, -0.15) is 9.97 Å². The van der Waals surface area contributed by atoms with Crippen LogP contribution in [0.5, 0.6) is 6.01 Å². The first kappa shape index (κ1) is 32.0. The zero-order valence-corrected chi connectivity index (χ0v) is 23.2. The summed E-state index contributed by atoms with van der Waals surface area (Å²) in [7, 11) is 1.27. The molecule has 0 bridgehead atoms. The number of esters is 2. The molecule has 2 amide bonds. The fraction of sp³-hybridized carbons (Fsp3) is 0.542. The van der Waals surface area contributed by atoms with Crippen LogP contribution < -0.4 is 26.7 Å². The van der Waals surface area contributed by atoms with Gasteiger partial charge < -0.3 is 44.8 Å². The van der Waals surface area contributed by atoms with Crippen molar-refractivity contribution in [1.29, 1.82) is 0 Å². The smallest absolute Gasteiger partial charge is 0.303 e. The third-order valence-electron chi connectivity index (χ3n) is 5.67. The van der Waals surface area contributed by atoms with Gasteiger partial charge in [0.25, 0.3) is 11.5 Å². The van der Waals surface area contributed by atoms with Crippen molar-refractivity contribution in [3.63, 3.8) is 0 Å². The molecule has 0 unspecified atom stereocenters. The lowest BCUT2D eigenvalue weighted by molar-refractivity contribution is -0.166. The van der Waals surface area contributed by atoms with Crippen molar-refractivity contribution in [3.05, 3.63) is 23.0 Å². The number of nitrogen functional groups attached to an aromatic ring is 1. The summed E-state index contributed by atoms with van der Waals surface area (Å²) < 4.78 is 34.0. The third kappa shape index (κ3) is 8.02. The Morgan fingerprint density at radius 1 is 1.02 bits per heavy atom. The summed E-state index contributed by atoms with van der Waals surface area (Å²) in [5.74, 6) is -2.78. The van der Waals surface area contributed by atoms with Crippen LogP contribution >= 0.6 is 0 Å². The molecule has 1 aliphatic heterocycles. The van der Waals surface area contributed by atoms with E-state index in [1.165, 1.54) is 11.7 Å². The minimum Gasteiger partial charge on any atom is -0.468 e. The highest BCUT2D eigenvalue weighted by molar-refractivity contribution is 5.86. The number of carbonyl (C=O) groups excluding carboxylic acids is 4. The lowest BCUT2D eigenvalue weighted by atomic mass is 10.1. The zero-order valence-electron chi connectivity index (χ0n) is 23.2. The summed E-state index contributed by atoms with van der Waals surface area (Å²) in [5.41, 5.74) is 4.80. The molecule has 0 aromatic carbocycles. The number of H-pyrrole nitrogens is 1. The van der Waals surface area contributed by atoms with Gasteiger partial charge in [0.2, 0.25) is 11.9 Å². The van der Waals surface area contributed by atoms with Gasteiger partial charge >= 0.3 is 17.9 Å². The number of methoxy groups -OCH3 is 1. The van der Waals surface area contributed by atoms with Crippen molar-refractivity contribution in [3.8, 4) is 6.01 Å². The number of rotatable bonds is 15. The molecule has 2 aromatic heterocycles. The monoisotopic (exact) mass is 595 g/mol. The van der Waals surface area contributed by atoms with Crippen LogP contribution in [0.15, 0.2) is 17.4 Å². The first-order chi connectivity index (χ1) is 20.1. The van der Waals surface area contributed by atoms with Crippen LogP contribution in [0.1, 0.15) is 20.1 Å². The Morgan fingerprint density at radius 2 is 1.64 bits per heavy atom. The maximum Gasteiger partial charge on any atom is 0.303 e. The van der Waals surface area contributed by atoms with Crippen molar-refractivity contribution < 1.29 is 47.6 Å². The highest BCUT2D eigenvalue weighted by Crippen LogP contribution is 2.38. The van der Waals surface area contributed by atoms with E-state index in [0.717, 1.165) is 19.9 Å². The molecule has 1 aliphatic rings. The largest absolute Gasteiger partial charge is 0.468 e. The number of amides is 2. The summed E-state index contributed by atoms with van der Waals surface area (Å²) in [4.78, 5) is 71.2. The molecular formula is C24H33N7O11. The summed E-state index contributed by atoms with van der Waals surface area (Å²) in [6.07, 6.45) is -4.44. The second kappa shape index (κ2) is 14.9. The number of aromatic amines is 1. The van der Waals surface area contributed by atoms with Crippen LogP contribution in [-0.4, -0.2) is 108 Å². The van der Waals surface area contributed by atoms with Gasteiger partial charge in [-0.25, -0.2) is 4.57 Å². The van der Waals surface area contributed by atoms with Gasteiger partial charge in [-0.05, 0) is 6.08 Å². The van der Waals surface area contributed by atoms with Crippen molar-refractivity contribution >= 4 is 40.9 Å². The second-order valence-electron chi connectivity index (χ2n) is 8.70. The fourth-order valence-electron chi connectivity index (χ4n) is 4.04. The number of nitrogens with one attached hydrogen (secondary N) is 3. The van der Waals surface area contributed by atoms with Crippen molar-refractivity contribution in [1.82, 2.24) is 30.2 Å². The summed E-state index contributed by atoms with van der Waals surface area (Å²) in [6, 6.07) is -0.169. The summed E-state index contributed by atoms with van der Waals surface area (Å²) in [5, 5.41) is 5.18. The van der Waals surface area contributed by atoms with Crippen molar-refractivity contribution in [2.24, 2.45) is 0 Å². The van der Waals surface area contributed by atoms with E-state index in [1.807, 2.05) is 0 Å². The number of fused-ring (bicyclic) bond motifs is 1. The molecular weight excluding hydrogens is 562 g/mol. The quantitative estimate of drug-likeness (QED) is 0.0982. The molecule has 0 saturated carbocycles. The number of nitrogens with zero attached hydrogens (tertiary/aromatic N) is 3. The molecule has 3 heterocycles. The average molecular weight is 596 g/mol. The lowest BCUT2D eigenvalue weighted by Gasteiger charge is -2.24. The molecule has 18 nitrogen and oxygen atoms in total. The van der Waals surface area contributed by atoms with E-state index < -0.39 is 47.9 Å². The first-order valence-corrected chi connectivity index (χ1v) is 12.7. The summed E-state index contributed by atoms with van der Waals surface area (Å²) in [6.45, 7) is 6.83. The number of anilines is 1. The topological polar surface area (TPSA) is 237 Å². The molecule has 0 aliphatic carbocycles. The maximum atomic E-state index is 13.2. The van der Waals surface area contributed by atoms with E-state index in [1.54, 1.807) is 0 Å². The Labute approximate surface area is 238 Å². The van der Waals surface area contributed by atoms with Crippen LogP contribution in [0.3, 0.4) is 0 Å². The van der Waals surface area contributed by atoms with E-state index in [-0.39, 0.29) is 62.0 Å². The number of ether oxygens (including phenoxy) is 6. The predicted molar refractivity (Wildman–Crippen MR) is 142 cm³/mol. The number of hydrogen-bond donors (Lipinski definition) is 4. The Hall–Kier alpha value is -4.55. The fourth-order valence-corrected chi connectivity index (χ4v) is 4.04. The molecule has 1 saturated heterocycles. The zero-order chi connectivity index (χ0) is 30.8. The highest BCUT2D eigenvalue weighted by Gasteiger charge is 2.54. The molecule has 230 valence electrons. The van der Waals surface area contributed by atoms with Crippen LogP contribution in [0.25, 0.3) is 11.2 Å². The molecule has 0 radical (unpaired) electrons. The number of imidazole rings is 1. The molecule has 1 fully saturated rings. The van der Waals surface area contributed by atoms with E-state index in [0.29, 0.717) is 6.54 Å². The summed E-state index contributed by atoms with van der Waals surface area (Å²) >= 11 is 0. The van der Waals surface area contributed by atoms with Gasteiger partial charge in [0, 0.05) is 26.9 Å². The number of hydrogen-bond acceptors (Lipinski definition) is 14. The van der Waals surface area contributed by atoms with Crippen molar-refractivity contribution in [2.45, 2.75) is 38.4 Å². The van der Waals surface area contributed by atoms with E-state index in [2.05, 4.69) is 32.2 Å². The highest BCUT2D eigenvalue weighted by atomic mass is 16.6. The average Bonchev–Trinajstić information content (AvgIpc) is 3.46.